The molecule has 0 aromatic rings. The number of piperazine rings is 1. The van der Waals surface area contributed by atoms with Crippen LogP contribution in [-0.4, -0.2) is 52.5 Å². The zero-order valence-electron chi connectivity index (χ0n) is 9.49. The van der Waals surface area contributed by atoms with Crippen molar-refractivity contribution in [2.75, 3.05) is 19.7 Å². The maximum atomic E-state index is 11.8. The number of nitrogens with zero attached hydrogens (tertiary/aromatic N) is 1. The summed E-state index contributed by atoms with van der Waals surface area (Å²) >= 11 is 11.2. The molecule has 1 saturated heterocycles. The molecule has 6 heteroatoms. The molecular formula is C10H18Cl2N2O2. The molecule has 1 rings (SSSR count). The van der Waals surface area contributed by atoms with E-state index in [1.54, 1.807) is 4.90 Å². The van der Waals surface area contributed by atoms with E-state index in [2.05, 4.69) is 19.2 Å². The summed E-state index contributed by atoms with van der Waals surface area (Å²) in [5.41, 5.74) is 0. The van der Waals surface area contributed by atoms with Crippen molar-refractivity contribution < 1.29 is 9.90 Å². The third-order valence-electron chi connectivity index (χ3n) is 2.94. The van der Waals surface area contributed by atoms with Gasteiger partial charge in [0.25, 0.3) is 5.91 Å². The van der Waals surface area contributed by atoms with Crippen LogP contribution in [0.5, 0.6) is 0 Å². The fourth-order valence-corrected chi connectivity index (χ4v) is 2.08. The van der Waals surface area contributed by atoms with Crippen molar-refractivity contribution in [2.24, 2.45) is 5.92 Å². The van der Waals surface area contributed by atoms with Crippen LogP contribution in [0.25, 0.3) is 0 Å². The first-order valence-electron chi connectivity index (χ1n) is 5.40. The van der Waals surface area contributed by atoms with Crippen LogP contribution < -0.4 is 5.32 Å². The average Bonchev–Trinajstić information content (AvgIpc) is 2.26. The summed E-state index contributed by atoms with van der Waals surface area (Å²) in [4.78, 5) is 12.3. The highest BCUT2D eigenvalue weighted by atomic mass is 35.5. The van der Waals surface area contributed by atoms with Crippen molar-refractivity contribution in [1.82, 2.24) is 10.2 Å². The average molecular weight is 269 g/mol. The smallest absolute Gasteiger partial charge is 0.256 e. The Kier molecular flexibility index (Phi) is 5.31. The maximum Gasteiger partial charge on any atom is 0.256 e. The third kappa shape index (κ3) is 3.23. The number of rotatable bonds is 3. The second kappa shape index (κ2) is 6.05. The molecule has 4 nitrogen and oxygen atoms in total. The van der Waals surface area contributed by atoms with E-state index in [1.807, 2.05) is 0 Å². The minimum atomic E-state index is -1.06. The molecule has 94 valence electrons. The predicted molar refractivity (Wildman–Crippen MR) is 64.7 cm³/mol. The fourth-order valence-electron chi connectivity index (χ4n) is 1.83. The Morgan fingerprint density at radius 2 is 2.19 bits per heavy atom. The molecular weight excluding hydrogens is 251 g/mol. The van der Waals surface area contributed by atoms with Gasteiger partial charge in [0.1, 0.15) is 0 Å². The predicted octanol–water partition coefficient (Wildman–Crippen LogP) is 0.607. The number of aliphatic hydroxyl groups excluding tert-OH is 1. The summed E-state index contributed by atoms with van der Waals surface area (Å²) in [6.45, 7) is 5.20. The quantitative estimate of drug-likeness (QED) is 0.738. The van der Waals surface area contributed by atoms with Gasteiger partial charge in [0.05, 0.1) is 12.6 Å². The van der Waals surface area contributed by atoms with Crippen molar-refractivity contribution in [3.8, 4) is 0 Å². The van der Waals surface area contributed by atoms with Gasteiger partial charge in [-0.15, -0.1) is 0 Å². The molecule has 0 radical (unpaired) electrons. The van der Waals surface area contributed by atoms with Gasteiger partial charge < -0.3 is 15.3 Å². The molecule has 2 atom stereocenters. The zero-order valence-corrected chi connectivity index (χ0v) is 11.0. The van der Waals surface area contributed by atoms with Crippen molar-refractivity contribution in [3.05, 3.63) is 0 Å². The van der Waals surface area contributed by atoms with E-state index < -0.39 is 4.84 Å². The minimum Gasteiger partial charge on any atom is -0.394 e. The molecule has 0 aliphatic carbocycles. The molecule has 2 unspecified atom stereocenters. The highest BCUT2D eigenvalue weighted by Gasteiger charge is 2.34. The Labute approximate surface area is 106 Å². The molecule has 0 saturated carbocycles. The molecule has 1 aliphatic rings. The van der Waals surface area contributed by atoms with E-state index in [9.17, 15) is 9.90 Å². The molecule has 1 heterocycles. The lowest BCUT2D eigenvalue weighted by molar-refractivity contribution is -0.134. The van der Waals surface area contributed by atoms with E-state index in [1.165, 1.54) is 0 Å². The van der Waals surface area contributed by atoms with E-state index in [0.29, 0.717) is 19.0 Å². The van der Waals surface area contributed by atoms with Crippen LogP contribution >= 0.6 is 23.2 Å². The Balaban J connectivity index is 2.71. The lowest BCUT2D eigenvalue weighted by atomic mass is 9.99. The number of alkyl halides is 2. The van der Waals surface area contributed by atoms with Gasteiger partial charge in [-0.3, -0.25) is 4.79 Å². The molecule has 2 N–H and O–H groups in total. The second-order valence-corrected chi connectivity index (χ2v) is 5.48. The first kappa shape index (κ1) is 14.0. The number of halogens is 2. The number of hydrogen-bond donors (Lipinski definition) is 2. The molecule has 1 amide bonds. The zero-order chi connectivity index (χ0) is 12.3. The lowest BCUT2D eigenvalue weighted by Gasteiger charge is -2.41. The monoisotopic (exact) mass is 268 g/mol. The Bertz CT molecular complexity index is 249. The Hall–Kier alpha value is -0.0300. The van der Waals surface area contributed by atoms with Crippen molar-refractivity contribution in [2.45, 2.75) is 30.8 Å². The first-order chi connectivity index (χ1) is 7.47. The summed E-state index contributed by atoms with van der Waals surface area (Å²) in [5, 5.41) is 12.5. The minimum absolute atomic E-state index is 0.0793. The van der Waals surface area contributed by atoms with Crippen molar-refractivity contribution >= 4 is 29.1 Å². The molecule has 1 fully saturated rings. The topological polar surface area (TPSA) is 52.6 Å². The van der Waals surface area contributed by atoms with Crippen molar-refractivity contribution in [1.29, 1.82) is 0 Å². The van der Waals surface area contributed by atoms with Gasteiger partial charge in [-0.25, -0.2) is 0 Å². The summed E-state index contributed by atoms with van der Waals surface area (Å²) in [6.07, 6.45) is 0. The number of carbonyl (C=O) groups excluding carboxylic acids is 1. The number of aliphatic hydroxyl groups is 1. The van der Waals surface area contributed by atoms with Crippen molar-refractivity contribution in [3.63, 3.8) is 0 Å². The molecule has 0 spiro atoms. The number of hydrogen-bond acceptors (Lipinski definition) is 3. The van der Waals surface area contributed by atoms with Gasteiger partial charge in [-0.05, 0) is 5.92 Å². The summed E-state index contributed by atoms with van der Waals surface area (Å²) in [6, 6.07) is -0.0127. The van der Waals surface area contributed by atoms with Crippen LogP contribution in [0.15, 0.2) is 0 Å². The molecule has 0 aromatic carbocycles. The number of nitrogens with one attached hydrogen (secondary N) is 1. The van der Waals surface area contributed by atoms with Crippen LogP contribution in [0.3, 0.4) is 0 Å². The van der Waals surface area contributed by atoms with Gasteiger partial charge in [0.2, 0.25) is 0 Å². The highest BCUT2D eigenvalue weighted by Crippen LogP contribution is 2.16. The summed E-state index contributed by atoms with van der Waals surface area (Å²) in [7, 11) is 0. The Morgan fingerprint density at radius 3 is 2.62 bits per heavy atom. The molecule has 0 bridgehead atoms. The van der Waals surface area contributed by atoms with Crippen LogP contribution in [0.1, 0.15) is 13.8 Å². The maximum absolute atomic E-state index is 11.8. The summed E-state index contributed by atoms with van der Waals surface area (Å²) in [5.74, 6) is 0.0913. The largest absolute Gasteiger partial charge is 0.394 e. The van der Waals surface area contributed by atoms with E-state index in [-0.39, 0.29) is 24.6 Å². The van der Waals surface area contributed by atoms with E-state index in [0.717, 1.165) is 0 Å². The van der Waals surface area contributed by atoms with Gasteiger partial charge in [-0.1, -0.05) is 37.0 Å². The van der Waals surface area contributed by atoms with Gasteiger partial charge in [-0.2, -0.15) is 0 Å². The second-order valence-electron chi connectivity index (χ2n) is 4.39. The third-order valence-corrected chi connectivity index (χ3v) is 3.31. The fraction of sp³-hybridized carbons (Fsp3) is 0.900. The molecule has 1 aliphatic heterocycles. The number of amides is 1. The van der Waals surface area contributed by atoms with Crippen LogP contribution in [-0.2, 0) is 4.79 Å². The highest BCUT2D eigenvalue weighted by molar-refractivity contribution is 6.53. The van der Waals surface area contributed by atoms with Crippen LogP contribution in [0.2, 0.25) is 0 Å². The lowest BCUT2D eigenvalue weighted by Crippen LogP contribution is -2.61. The van der Waals surface area contributed by atoms with Gasteiger partial charge in [0, 0.05) is 19.1 Å². The first-order valence-corrected chi connectivity index (χ1v) is 6.27. The van der Waals surface area contributed by atoms with Gasteiger partial charge in [0.15, 0.2) is 4.84 Å². The summed E-state index contributed by atoms with van der Waals surface area (Å²) < 4.78 is 0. The van der Waals surface area contributed by atoms with E-state index in [4.69, 9.17) is 23.2 Å². The standard InChI is InChI=1S/C10H18Cl2N2O2/c1-6(2)8-4-14(10(16)9(11)12)7(5-15)3-13-8/h6-9,13,15H,3-5H2,1-2H3. The Morgan fingerprint density at radius 1 is 1.56 bits per heavy atom. The van der Waals surface area contributed by atoms with Gasteiger partial charge >= 0.3 is 0 Å². The van der Waals surface area contributed by atoms with Crippen LogP contribution in [0.4, 0.5) is 0 Å². The normalized spacial score (nSPS) is 26.6. The molecule has 16 heavy (non-hydrogen) atoms. The number of carbonyl (C=O) groups is 1. The molecule has 0 aromatic heterocycles. The SMILES string of the molecule is CC(C)C1CN(C(=O)C(Cl)Cl)C(CO)CN1. The van der Waals surface area contributed by atoms with E-state index >= 15 is 0 Å². The van der Waals surface area contributed by atoms with Crippen LogP contribution in [0, 0.1) is 5.92 Å².